The van der Waals surface area contributed by atoms with Gasteiger partial charge < -0.3 is 0 Å². The van der Waals surface area contributed by atoms with E-state index in [4.69, 9.17) is 86.2 Å². The van der Waals surface area contributed by atoms with E-state index < -0.39 is 40.7 Å². The second-order valence-corrected chi connectivity index (χ2v) is 32.4. The van der Waals surface area contributed by atoms with Gasteiger partial charge in [0.15, 0.2) is 0 Å². The summed E-state index contributed by atoms with van der Waals surface area (Å²) in [6.45, 7) is 0. The first-order valence-corrected chi connectivity index (χ1v) is 25.4. The van der Waals surface area contributed by atoms with Crippen LogP contribution in [0.3, 0.4) is 0 Å². The van der Waals surface area contributed by atoms with Gasteiger partial charge in [0.1, 0.15) is 0 Å². The van der Waals surface area contributed by atoms with Crippen molar-refractivity contribution in [3.8, 4) is 0 Å². The van der Waals surface area contributed by atoms with Crippen molar-refractivity contribution in [3.05, 3.63) is 0 Å². The zero-order valence-corrected chi connectivity index (χ0v) is 17.6. The van der Waals surface area contributed by atoms with E-state index in [9.17, 15) is 0 Å². The van der Waals surface area contributed by atoms with Crippen LogP contribution in [0.25, 0.3) is 0 Å². The first-order valence-electron chi connectivity index (χ1n) is 1.14. The number of hydrogen-bond donors (Lipinski definition) is 0. The summed E-state index contributed by atoms with van der Waals surface area (Å²) >= 11 is -5.34. The van der Waals surface area contributed by atoms with Gasteiger partial charge >= 0.3 is 127 Å². The van der Waals surface area contributed by atoms with Gasteiger partial charge in [-0.25, -0.2) is 0 Å². The summed E-state index contributed by atoms with van der Waals surface area (Å²) in [5.41, 5.74) is 0. The molecule has 0 aromatic heterocycles. The third-order valence-electron chi connectivity index (χ3n) is 0. The van der Waals surface area contributed by atoms with Gasteiger partial charge in [0.05, 0.1) is 0 Å². The van der Waals surface area contributed by atoms with Crippen molar-refractivity contribution in [2.75, 3.05) is 0 Å². The van der Waals surface area contributed by atoms with Crippen molar-refractivity contribution in [3.63, 3.8) is 0 Å². The van der Waals surface area contributed by atoms with Gasteiger partial charge in [-0.3, -0.25) is 0 Å². The molecule has 0 saturated heterocycles. The van der Waals surface area contributed by atoms with Crippen LogP contribution in [0.2, 0.25) is 0 Å². The average molecular weight is 807 g/mol. The van der Waals surface area contributed by atoms with Gasteiger partial charge in [-0.15, -0.1) is 0 Å². The Morgan fingerprint density at radius 3 is 0.833 bits per heavy atom. The molecule has 0 aliphatic rings. The maximum absolute atomic E-state index is 5.01. The fourth-order valence-electron chi connectivity index (χ4n) is 0. The van der Waals surface area contributed by atoms with E-state index in [1.54, 1.807) is 0 Å². The van der Waals surface area contributed by atoms with E-state index in [1.165, 1.54) is 0 Å². The summed E-state index contributed by atoms with van der Waals surface area (Å²) in [4.78, 5) is 0. The van der Waals surface area contributed by atoms with Gasteiger partial charge in [-0.05, 0) is 0 Å². The van der Waals surface area contributed by atoms with Gasteiger partial charge in [0.25, 0.3) is 0 Å². The predicted octanol–water partition coefficient (Wildman–Crippen LogP) is 6.20. The van der Waals surface area contributed by atoms with E-state index in [1.807, 2.05) is 0 Å². The molecule has 0 unspecified atom stereocenters. The van der Waals surface area contributed by atoms with Crippen molar-refractivity contribution >= 4 is 86.2 Å². The van der Waals surface area contributed by atoms with Gasteiger partial charge in [0.2, 0.25) is 0 Å². The molecule has 0 bridgehead atoms. The molecule has 0 aliphatic carbocycles. The zero-order chi connectivity index (χ0) is 10.8. The molecule has 90 valence electrons. The van der Waals surface area contributed by atoms with Gasteiger partial charge in [0, 0.05) is 0 Å². The summed E-state index contributed by atoms with van der Waals surface area (Å²) in [6.07, 6.45) is 0. The van der Waals surface area contributed by atoms with E-state index in [2.05, 4.69) is 0 Å². The van der Waals surface area contributed by atoms with E-state index in [0.717, 1.165) is 0 Å². The molecule has 0 rings (SSSR count). The molecule has 0 aromatic carbocycles. The van der Waals surface area contributed by atoms with Gasteiger partial charge in [-0.2, -0.15) is 0 Å². The summed E-state index contributed by atoms with van der Waals surface area (Å²) in [5.74, 6) is 0. The Morgan fingerprint density at radius 1 is 0.833 bits per heavy atom. The normalized spacial score (nSPS) is 11.9. The molecule has 0 aliphatic heterocycles. The molecule has 0 atom stereocenters. The second-order valence-electron chi connectivity index (χ2n) is 0.482. The molecule has 0 amide bonds. The van der Waals surface area contributed by atoms with Crippen LogP contribution < -0.4 is 0 Å². The molecule has 0 heterocycles. The van der Waals surface area contributed by atoms with Crippen molar-refractivity contribution in [2.45, 2.75) is 0 Å². The molecule has 12 heteroatoms. The standard InChI is InChI=1S/9ClH.Ir.Pt.Ru/h9*1H;;;/q;;;;;;;;;+4;+2;+3/p-9. The minimum atomic E-state index is -3.11. The maximum atomic E-state index is 5.01. The molecule has 0 fully saturated rings. The van der Waals surface area contributed by atoms with Crippen LogP contribution in [-0.2, 0) is 40.7 Å². The minimum absolute atomic E-state index is 0.472. The number of halogens is 9. The van der Waals surface area contributed by atoms with Crippen LogP contribution in [0, 0.1) is 0 Å². The Morgan fingerprint density at radius 2 is 0.833 bits per heavy atom. The third kappa shape index (κ3) is 128. The second kappa shape index (κ2) is 15.6. The molecule has 0 radical (unpaired) electrons. The van der Waals surface area contributed by atoms with Gasteiger partial charge in [-0.1, -0.05) is 0 Å². The van der Waals surface area contributed by atoms with Crippen molar-refractivity contribution in [2.24, 2.45) is 0 Å². The fraction of sp³-hybridized carbons (Fsp3) is 0. The molecular formula is Cl9IrPtRu. The summed E-state index contributed by atoms with van der Waals surface area (Å²) in [7, 11) is 44.7. The van der Waals surface area contributed by atoms with E-state index in [-0.39, 0.29) is 0 Å². The van der Waals surface area contributed by atoms with Crippen LogP contribution >= 0.6 is 86.2 Å². The van der Waals surface area contributed by atoms with Crippen molar-refractivity contribution < 1.29 is 40.7 Å². The quantitative estimate of drug-likeness (QED) is 0.256. The van der Waals surface area contributed by atoms with Crippen molar-refractivity contribution in [1.29, 1.82) is 0 Å². The zero-order valence-electron chi connectivity index (χ0n) is 4.40. The molecule has 0 nitrogen and oxygen atoms in total. The summed E-state index contributed by atoms with van der Waals surface area (Å²) in [6, 6.07) is 0. The Bertz CT molecular complexity index is 60.7. The third-order valence-corrected chi connectivity index (χ3v) is 0. The molecular weight excluding hydrogens is 807 g/mol. The molecule has 12 heavy (non-hydrogen) atoms. The molecule has 0 N–H and O–H groups in total. The average Bonchev–Trinajstić information content (AvgIpc) is 1.56. The monoisotopic (exact) mass is 805 g/mol. The molecule has 0 saturated carbocycles. The molecule has 0 spiro atoms. The predicted molar refractivity (Wildman–Crippen MR) is 52.7 cm³/mol. The topological polar surface area (TPSA) is 0 Å². The van der Waals surface area contributed by atoms with Crippen LogP contribution in [0.1, 0.15) is 0 Å². The number of hydrogen-bond acceptors (Lipinski definition) is 0. The Hall–Kier alpha value is 4.57. The SMILES string of the molecule is [Cl][Ir]([Cl])([Cl])[Cl].[Cl][Pt][Cl].[Cl][Ru]([Cl])[Cl]. The van der Waals surface area contributed by atoms with Crippen LogP contribution in [0.5, 0.6) is 0 Å². The first kappa shape index (κ1) is 21.8. The summed E-state index contributed by atoms with van der Waals surface area (Å²) < 4.78 is 0. The van der Waals surface area contributed by atoms with Crippen molar-refractivity contribution in [1.82, 2.24) is 0 Å². The first-order chi connectivity index (χ1) is 5.15. The Kier molecular flexibility index (Phi) is 28.3. The van der Waals surface area contributed by atoms with Crippen LogP contribution in [-0.4, -0.2) is 0 Å². The summed E-state index contributed by atoms with van der Waals surface area (Å²) in [5, 5.41) is 0. The molecule has 0 aromatic rings. The van der Waals surface area contributed by atoms with Crippen LogP contribution in [0.4, 0.5) is 0 Å². The Labute approximate surface area is 124 Å². The Balaban J connectivity index is -0.000000105. The fourth-order valence-corrected chi connectivity index (χ4v) is 0. The van der Waals surface area contributed by atoms with Crippen LogP contribution in [0.15, 0.2) is 0 Å². The number of rotatable bonds is 0. The van der Waals surface area contributed by atoms with E-state index >= 15 is 0 Å². The van der Waals surface area contributed by atoms with E-state index in [0.29, 0.717) is 0 Å².